The lowest BCUT2D eigenvalue weighted by Crippen LogP contribution is -2.14. The van der Waals surface area contributed by atoms with Gasteiger partial charge in [-0.1, -0.05) is 0 Å². The Bertz CT molecular complexity index is 811. The summed E-state index contributed by atoms with van der Waals surface area (Å²) in [4.78, 5) is 24.4. The average molecular weight is 341 g/mol. The number of amides is 1. The molecule has 0 radical (unpaired) electrons. The topological polar surface area (TPSA) is 73.9 Å². The number of Topliss-reactive ketones (excluding diaryl/α,β-unsaturated/α-hetero) is 1. The lowest BCUT2D eigenvalue weighted by molar-refractivity contribution is 0.101. The van der Waals surface area contributed by atoms with Crippen LogP contribution >= 0.6 is 0 Å². The van der Waals surface area contributed by atoms with E-state index in [4.69, 9.17) is 14.2 Å². The Balaban J connectivity index is 1.82. The minimum atomic E-state index is -0.322. The standard InChI is InChI=1S/C19H19NO5/c1-11(2)25-14-6-4-13(5-7-14)19(22)20-16-9-18-17(23-10-24-18)8-15(16)12(3)21/h4-9,11H,10H2,1-3H3,(H,20,22). The van der Waals surface area contributed by atoms with E-state index in [1.54, 1.807) is 36.4 Å². The van der Waals surface area contributed by atoms with Crippen molar-refractivity contribution in [1.82, 2.24) is 0 Å². The summed E-state index contributed by atoms with van der Waals surface area (Å²) in [5.74, 6) is 1.20. The molecule has 2 aromatic carbocycles. The van der Waals surface area contributed by atoms with Crippen LogP contribution in [0.3, 0.4) is 0 Å². The van der Waals surface area contributed by atoms with Gasteiger partial charge in [-0.2, -0.15) is 0 Å². The predicted molar refractivity (Wildman–Crippen MR) is 92.7 cm³/mol. The number of carbonyl (C=O) groups is 2. The normalized spacial score (nSPS) is 12.2. The number of hydrogen-bond donors (Lipinski definition) is 1. The Morgan fingerprint density at radius 3 is 2.32 bits per heavy atom. The van der Waals surface area contributed by atoms with Gasteiger partial charge in [0.25, 0.3) is 5.91 Å². The number of benzene rings is 2. The molecule has 0 aromatic heterocycles. The molecule has 2 aromatic rings. The fourth-order valence-corrected chi connectivity index (χ4v) is 2.49. The van der Waals surface area contributed by atoms with Gasteiger partial charge in [0.1, 0.15) is 5.75 Å². The number of nitrogens with one attached hydrogen (secondary N) is 1. The third kappa shape index (κ3) is 3.74. The zero-order valence-electron chi connectivity index (χ0n) is 14.3. The van der Waals surface area contributed by atoms with E-state index in [-0.39, 0.29) is 24.6 Å². The Morgan fingerprint density at radius 1 is 1.08 bits per heavy atom. The Labute approximate surface area is 145 Å². The molecule has 0 bridgehead atoms. The van der Waals surface area contributed by atoms with Crippen LogP contribution in [0.15, 0.2) is 36.4 Å². The summed E-state index contributed by atoms with van der Waals surface area (Å²) in [7, 11) is 0. The highest BCUT2D eigenvalue weighted by molar-refractivity contribution is 6.09. The van der Waals surface area contributed by atoms with Crippen molar-refractivity contribution < 1.29 is 23.8 Å². The Hall–Kier alpha value is -3.02. The van der Waals surface area contributed by atoms with Gasteiger partial charge in [-0.3, -0.25) is 9.59 Å². The van der Waals surface area contributed by atoms with Gasteiger partial charge in [0.2, 0.25) is 6.79 Å². The van der Waals surface area contributed by atoms with E-state index in [0.29, 0.717) is 34.1 Å². The van der Waals surface area contributed by atoms with Crippen molar-refractivity contribution >= 4 is 17.4 Å². The predicted octanol–water partition coefficient (Wildman–Crippen LogP) is 3.66. The molecule has 1 aliphatic heterocycles. The Kier molecular flexibility index (Phi) is 4.61. The summed E-state index contributed by atoms with van der Waals surface area (Å²) in [5.41, 5.74) is 1.23. The highest BCUT2D eigenvalue weighted by Crippen LogP contribution is 2.37. The first-order valence-corrected chi connectivity index (χ1v) is 7.96. The first kappa shape index (κ1) is 16.8. The smallest absolute Gasteiger partial charge is 0.255 e. The number of carbonyl (C=O) groups excluding carboxylic acids is 2. The van der Waals surface area contributed by atoms with Gasteiger partial charge in [0.15, 0.2) is 17.3 Å². The number of ether oxygens (including phenoxy) is 3. The molecule has 0 fully saturated rings. The molecular weight excluding hydrogens is 322 g/mol. The van der Waals surface area contributed by atoms with Crippen LogP contribution in [0.2, 0.25) is 0 Å². The summed E-state index contributed by atoms with van der Waals surface area (Å²) >= 11 is 0. The molecule has 0 saturated heterocycles. The molecule has 130 valence electrons. The summed E-state index contributed by atoms with van der Waals surface area (Å²) in [6.07, 6.45) is 0.0615. The number of ketones is 1. The molecule has 25 heavy (non-hydrogen) atoms. The lowest BCUT2D eigenvalue weighted by atomic mass is 10.1. The lowest BCUT2D eigenvalue weighted by Gasteiger charge is -2.12. The van der Waals surface area contributed by atoms with Crippen molar-refractivity contribution in [2.75, 3.05) is 12.1 Å². The van der Waals surface area contributed by atoms with Gasteiger partial charge in [0.05, 0.1) is 11.8 Å². The summed E-state index contributed by atoms with van der Waals surface area (Å²) in [5, 5.41) is 2.76. The van der Waals surface area contributed by atoms with E-state index in [1.807, 2.05) is 13.8 Å². The number of anilines is 1. The van der Waals surface area contributed by atoms with E-state index in [2.05, 4.69) is 5.32 Å². The van der Waals surface area contributed by atoms with Crippen LogP contribution in [0.5, 0.6) is 17.2 Å². The van der Waals surface area contributed by atoms with Gasteiger partial charge >= 0.3 is 0 Å². The maximum absolute atomic E-state index is 12.5. The third-order valence-electron chi connectivity index (χ3n) is 3.63. The van der Waals surface area contributed by atoms with E-state index < -0.39 is 0 Å². The molecule has 0 saturated carbocycles. The quantitative estimate of drug-likeness (QED) is 0.840. The first-order chi connectivity index (χ1) is 11.9. The molecule has 1 N–H and O–H groups in total. The molecular formula is C19H19NO5. The SMILES string of the molecule is CC(=O)c1cc2c(cc1NC(=O)c1ccc(OC(C)C)cc1)OCO2. The molecule has 0 aliphatic carbocycles. The second-order valence-electron chi connectivity index (χ2n) is 5.95. The average Bonchev–Trinajstić information content (AvgIpc) is 3.01. The van der Waals surface area contributed by atoms with Crippen LogP contribution in [-0.2, 0) is 0 Å². The molecule has 3 rings (SSSR count). The van der Waals surface area contributed by atoms with Crippen molar-refractivity contribution in [2.24, 2.45) is 0 Å². The van der Waals surface area contributed by atoms with Crippen LogP contribution in [0.25, 0.3) is 0 Å². The van der Waals surface area contributed by atoms with Crippen molar-refractivity contribution in [1.29, 1.82) is 0 Å². The highest BCUT2D eigenvalue weighted by Gasteiger charge is 2.20. The molecule has 6 nitrogen and oxygen atoms in total. The van der Waals surface area contributed by atoms with Crippen molar-refractivity contribution in [2.45, 2.75) is 26.9 Å². The first-order valence-electron chi connectivity index (χ1n) is 7.96. The zero-order chi connectivity index (χ0) is 18.0. The van der Waals surface area contributed by atoms with E-state index >= 15 is 0 Å². The molecule has 0 unspecified atom stereocenters. The van der Waals surface area contributed by atoms with Gasteiger partial charge in [-0.05, 0) is 51.1 Å². The van der Waals surface area contributed by atoms with Gasteiger partial charge in [-0.25, -0.2) is 0 Å². The summed E-state index contributed by atoms with van der Waals surface area (Å²) in [6.45, 7) is 5.40. The molecule has 6 heteroatoms. The van der Waals surface area contributed by atoms with E-state index in [9.17, 15) is 9.59 Å². The van der Waals surface area contributed by atoms with E-state index in [0.717, 1.165) is 0 Å². The number of rotatable bonds is 5. The van der Waals surface area contributed by atoms with Crippen molar-refractivity contribution in [3.05, 3.63) is 47.5 Å². The fraction of sp³-hybridized carbons (Fsp3) is 0.263. The monoisotopic (exact) mass is 341 g/mol. The molecule has 0 atom stereocenters. The minimum absolute atomic E-state index is 0.0615. The second-order valence-corrected chi connectivity index (χ2v) is 5.95. The number of hydrogen-bond acceptors (Lipinski definition) is 5. The summed E-state index contributed by atoms with van der Waals surface area (Å²) < 4.78 is 16.2. The van der Waals surface area contributed by atoms with Crippen molar-refractivity contribution in [3.8, 4) is 17.2 Å². The van der Waals surface area contributed by atoms with Gasteiger partial charge in [0, 0.05) is 17.2 Å². The maximum Gasteiger partial charge on any atom is 0.255 e. The van der Waals surface area contributed by atoms with Crippen LogP contribution in [0.4, 0.5) is 5.69 Å². The third-order valence-corrected chi connectivity index (χ3v) is 3.63. The largest absolute Gasteiger partial charge is 0.491 e. The Morgan fingerprint density at radius 2 is 1.72 bits per heavy atom. The van der Waals surface area contributed by atoms with Gasteiger partial charge < -0.3 is 19.5 Å². The minimum Gasteiger partial charge on any atom is -0.491 e. The zero-order valence-corrected chi connectivity index (χ0v) is 14.3. The highest BCUT2D eigenvalue weighted by atomic mass is 16.7. The van der Waals surface area contributed by atoms with Crippen LogP contribution in [-0.4, -0.2) is 24.6 Å². The maximum atomic E-state index is 12.5. The molecule has 0 spiro atoms. The van der Waals surface area contributed by atoms with Gasteiger partial charge in [-0.15, -0.1) is 0 Å². The molecule has 1 aliphatic rings. The summed E-state index contributed by atoms with van der Waals surface area (Å²) in [6, 6.07) is 10.0. The van der Waals surface area contributed by atoms with Crippen LogP contribution in [0.1, 0.15) is 41.5 Å². The molecule has 1 heterocycles. The fourth-order valence-electron chi connectivity index (χ4n) is 2.49. The second kappa shape index (κ2) is 6.84. The van der Waals surface area contributed by atoms with E-state index in [1.165, 1.54) is 6.92 Å². The van der Waals surface area contributed by atoms with Crippen LogP contribution < -0.4 is 19.5 Å². The number of fused-ring (bicyclic) bond motifs is 1. The molecule has 1 amide bonds. The van der Waals surface area contributed by atoms with Crippen molar-refractivity contribution in [3.63, 3.8) is 0 Å². The van der Waals surface area contributed by atoms with Crippen LogP contribution in [0, 0.1) is 0 Å².